The zero-order valence-electron chi connectivity index (χ0n) is 35.2. The van der Waals surface area contributed by atoms with Gasteiger partial charge in [0.2, 0.25) is 0 Å². The van der Waals surface area contributed by atoms with Gasteiger partial charge >= 0.3 is 0 Å². The number of fused-ring (bicyclic) bond motifs is 6. The molecule has 10 atom stereocenters. The van der Waals surface area contributed by atoms with Crippen molar-refractivity contribution in [3.05, 3.63) is 64.2 Å². The summed E-state index contributed by atoms with van der Waals surface area (Å²) in [6.07, 6.45) is 12.3. The second-order valence-corrected chi connectivity index (χ2v) is 21.1. The standard InChI is InChI=1S/C29H41NO4.C19H27NO/c1-25(2,3)26(4,32)20-15-27-10-11-29(20,33-5)24-28(27)12-13-30(16-17-6-7-17)21(27)14-18-8-9-19(31)23(34-24)22(18)28;1-13(2)7-9-20-10-8-19(4)14(3)18(20)11-15-5-6-16(21)12-17(15)19/h8-9,17,20-21,24,31-32H,6-7,10-16H2,1-5H3;5-7,12,14,18,21H,8-11H2,1-4H3/t20-,21-,24-,26+,27-,28+,29+;14-,18+,19+/m10/s1. The largest absolute Gasteiger partial charge is 0.508 e. The van der Waals surface area contributed by atoms with Gasteiger partial charge in [-0.1, -0.05) is 58.4 Å². The molecule has 2 saturated heterocycles. The van der Waals surface area contributed by atoms with E-state index in [1.54, 1.807) is 0 Å². The zero-order valence-corrected chi connectivity index (χ0v) is 35.2. The number of likely N-dealkylation sites (tertiary alicyclic amines) is 2. The monoisotopic (exact) mass is 753 g/mol. The Balaban J connectivity index is 0.000000163. The highest BCUT2D eigenvalue weighted by Gasteiger charge is 2.82. The van der Waals surface area contributed by atoms with Gasteiger partial charge in [-0.15, -0.1) is 0 Å². The van der Waals surface area contributed by atoms with Gasteiger partial charge in [-0.3, -0.25) is 9.80 Å². The molecule has 7 nitrogen and oxygen atoms in total. The van der Waals surface area contributed by atoms with Crippen LogP contribution in [0.15, 0.2) is 42.0 Å². The first kappa shape index (κ1) is 38.0. The smallest absolute Gasteiger partial charge is 0.165 e. The topological polar surface area (TPSA) is 85.6 Å². The summed E-state index contributed by atoms with van der Waals surface area (Å²) in [7, 11) is 1.83. The predicted molar refractivity (Wildman–Crippen MR) is 218 cm³/mol. The maximum atomic E-state index is 12.2. The van der Waals surface area contributed by atoms with Gasteiger partial charge in [0.15, 0.2) is 11.5 Å². The Hall–Kier alpha value is -2.58. The van der Waals surface area contributed by atoms with Crippen molar-refractivity contribution in [3.63, 3.8) is 0 Å². The molecule has 55 heavy (non-hydrogen) atoms. The van der Waals surface area contributed by atoms with Crippen molar-refractivity contribution >= 4 is 0 Å². The van der Waals surface area contributed by atoms with Crippen molar-refractivity contribution < 1.29 is 24.8 Å². The minimum absolute atomic E-state index is 0.0294. The van der Waals surface area contributed by atoms with E-state index in [0.717, 1.165) is 64.1 Å². The number of methoxy groups -OCH3 is 1. The predicted octanol–water partition coefficient (Wildman–Crippen LogP) is 8.30. The second kappa shape index (κ2) is 12.5. The van der Waals surface area contributed by atoms with Crippen molar-refractivity contribution in [1.82, 2.24) is 9.80 Å². The van der Waals surface area contributed by atoms with Crippen LogP contribution in [0, 0.1) is 28.6 Å². The number of aliphatic hydroxyl groups is 1. The average molecular weight is 753 g/mol. The Morgan fingerprint density at radius 3 is 2.38 bits per heavy atom. The highest BCUT2D eigenvalue weighted by atomic mass is 16.6. The van der Waals surface area contributed by atoms with E-state index in [9.17, 15) is 15.3 Å². The number of allylic oxidation sites excluding steroid dienone is 1. The third-order valence-corrected chi connectivity index (χ3v) is 17.7. The molecule has 4 saturated carbocycles. The van der Waals surface area contributed by atoms with E-state index in [0.29, 0.717) is 29.5 Å². The molecule has 0 unspecified atom stereocenters. The van der Waals surface area contributed by atoms with Crippen LogP contribution in [0.5, 0.6) is 17.2 Å². The molecule has 300 valence electrons. The minimum atomic E-state index is -0.909. The van der Waals surface area contributed by atoms with E-state index in [2.05, 4.69) is 76.5 Å². The SMILES string of the molecule is CC(C)=CCN1CC[C@@]2(C)c3cc(O)ccc3C[C@@H]1[C@@H]2C.CO[C@@]12CC[C@@]3(C[C@@H]1[C@](C)(O)C(C)(C)C)[C@H]1Cc4ccc(O)c5c4[C@@]3(CCN1CC1CC1)[C@H]2O5. The Labute approximate surface area is 330 Å². The number of phenolic OH excluding ortho intramolecular Hbond substituents is 2. The molecule has 6 fully saturated rings. The lowest BCUT2D eigenvalue weighted by atomic mass is 9.33. The minimum Gasteiger partial charge on any atom is -0.508 e. The highest BCUT2D eigenvalue weighted by molar-refractivity contribution is 5.63. The highest BCUT2D eigenvalue weighted by Crippen LogP contribution is 2.78. The van der Waals surface area contributed by atoms with Crippen LogP contribution in [0.4, 0.5) is 0 Å². The number of phenols is 2. The molecule has 2 spiro atoms. The second-order valence-electron chi connectivity index (χ2n) is 21.1. The van der Waals surface area contributed by atoms with Gasteiger partial charge in [0, 0.05) is 54.6 Å². The van der Waals surface area contributed by atoms with Crippen molar-refractivity contribution in [2.45, 2.75) is 153 Å². The summed E-state index contributed by atoms with van der Waals surface area (Å²) in [5, 5.41) is 33.0. The summed E-state index contributed by atoms with van der Waals surface area (Å²) >= 11 is 0. The fraction of sp³-hybridized carbons (Fsp3) is 0.708. The number of piperidine rings is 2. The van der Waals surface area contributed by atoms with Gasteiger partial charge in [0.1, 0.15) is 17.5 Å². The Bertz CT molecular complexity index is 1890. The number of aromatic hydroxyl groups is 2. The molecule has 2 aromatic carbocycles. The molecule has 11 rings (SSSR count). The zero-order chi connectivity index (χ0) is 39.1. The third-order valence-electron chi connectivity index (χ3n) is 17.7. The molecular weight excluding hydrogens is 685 g/mol. The molecule has 7 heteroatoms. The van der Waals surface area contributed by atoms with Crippen LogP contribution >= 0.6 is 0 Å². The van der Waals surface area contributed by atoms with Crippen molar-refractivity contribution in [1.29, 1.82) is 0 Å². The number of benzene rings is 2. The lowest BCUT2D eigenvalue weighted by molar-refractivity contribution is -0.312. The maximum Gasteiger partial charge on any atom is 0.165 e. The molecule has 0 radical (unpaired) electrons. The van der Waals surface area contributed by atoms with Gasteiger partial charge in [-0.05, 0) is 149 Å². The van der Waals surface area contributed by atoms with E-state index in [1.807, 2.05) is 32.2 Å². The van der Waals surface area contributed by atoms with Crippen molar-refractivity contribution in [3.8, 4) is 17.2 Å². The number of ether oxygens (including phenoxy) is 2. The Kier molecular flexibility index (Phi) is 8.60. The fourth-order valence-electron chi connectivity index (χ4n) is 13.8. The van der Waals surface area contributed by atoms with Crippen LogP contribution in [0.1, 0.15) is 123 Å². The van der Waals surface area contributed by atoms with Gasteiger partial charge in [-0.2, -0.15) is 0 Å². The van der Waals surface area contributed by atoms with Crippen LogP contribution in [0.25, 0.3) is 0 Å². The van der Waals surface area contributed by atoms with E-state index in [1.165, 1.54) is 53.6 Å². The summed E-state index contributed by atoms with van der Waals surface area (Å²) in [4.78, 5) is 5.47. The molecule has 3 aliphatic heterocycles. The van der Waals surface area contributed by atoms with E-state index in [-0.39, 0.29) is 39.4 Å². The van der Waals surface area contributed by atoms with Crippen LogP contribution in [0.3, 0.4) is 0 Å². The van der Waals surface area contributed by atoms with Crippen LogP contribution in [-0.4, -0.2) is 87.8 Å². The first-order chi connectivity index (χ1) is 25.9. The molecule has 3 heterocycles. The quantitative estimate of drug-likeness (QED) is 0.256. The lowest BCUT2D eigenvalue weighted by Gasteiger charge is -2.75. The first-order valence-corrected chi connectivity index (χ1v) is 21.7. The summed E-state index contributed by atoms with van der Waals surface area (Å²) in [5.41, 5.74) is 5.20. The fourth-order valence-corrected chi connectivity index (χ4v) is 13.8. The van der Waals surface area contributed by atoms with Crippen LogP contribution in [0.2, 0.25) is 0 Å². The van der Waals surface area contributed by atoms with Gasteiger partial charge in [0.25, 0.3) is 0 Å². The Morgan fingerprint density at radius 1 is 0.964 bits per heavy atom. The molecule has 6 aliphatic carbocycles. The molecule has 9 aliphatic rings. The molecular formula is C48H68N2O5. The summed E-state index contributed by atoms with van der Waals surface area (Å²) < 4.78 is 13.5. The average Bonchev–Trinajstić information content (AvgIpc) is 3.88. The molecule has 2 aromatic rings. The summed E-state index contributed by atoms with van der Waals surface area (Å²) in [5.74, 6) is 2.84. The molecule has 6 bridgehead atoms. The van der Waals surface area contributed by atoms with Crippen LogP contribution < -0.4 is 4.74 Å². The number of rotatable bonds is 6. The number of hydrogen-bond acceptors (Lipinski definition) is 7. The summed E-state index contributed by atoms with van der Waals surface area (Å²) in [6.45, 7) is 22.2. The molecule has 0 aromatic heterocycles. The molecule has 0 amide bonds. The van der Waals surface area contributed by atoms with Gasteiger partial charge in [-0.25, -0.2) is 0 Å². The van der Waals surface area contributed by atoms with Gasteiger partial charge in [0.05, 0.1) is 5.60 Å². The van der Waals surface area contributed by atoms with Gasteiger partial charge < -0.3 is 24.8 Å². The van der Waals surface area contributed by atoms with Crippen LogP contribution in [-0.2, 0) is 28.4 Å². The van der Waals surface area contributed by atoms with E-state index < -0.39 is 11.2 Å². The van der Waals surface area contributed by atoms with Crippen molar-refractivity contribution in [2.75, 3.05) is 33.3 Å². The first-order valence-electron chi connectivity index (χ1n) is 21.7. The maximum absolute atomic E-state index is 12.2. The van der Waals surface area contributed by atoms with E-state index in [4.69, 9.17) is 9.47 Å². The van der Waals surface area contributed by atoms with E-state index >= 15 is 0 Å². The normalized spacial score (nSPS) is 39.2. The lowest BCUT2D eigenvalue weighted by Crippen LogP contribution is -2.83. The Morgan fingerprint density at radius 2 is 1.69 bits per heavy atom. The third kappa shape index (κ3) is 5.13. The number of nitrogens with zero attached hydrogens (tertiary/aromatic N) is 2. The summed E-state index contributed by atoms with van der Waals surface area (Å²) in [6, 6.07) is 11.1. The van der Waals surface area contributed by atoms with Crippen molar-refractivity contribution in [2.24, 2.45) is 28.6 Å². The number of hydrogen-bond donors (Lipinski definition) is 3. The molecule has 3 N–H and O–H groups in total.